The van der Waals surface area contributed by atoms with Gasteiger partial charge < -0.3 is 4.90 Å². The number of hydrogen-bond donors (Lipinski definition) is 0. The highest BCUT2D eigenvalue weighted by molar-refractivity contribution is 7.71. The molecule has 2 nitrogen and oxygen atoms in total. The molecule has 0 aliphatic carbocycles. The largest absolute Gasteiger partial charge is 0.373 e. The van der Waals surface area contributed by atoms with Gasteiger partial charge in [0.25, 0.3) is 0 Å². The van der Waals surface area contributed by atoms with E-state index in [0.29, 0.717) is 9.93 Å². The molecule has 3 heteroatoms. The SMILES string of the molecule is CCN(C)c1c(CCCC(C)(C)C)c(=O)c1=S. The first kappa shape index (κ1) is 14.4. The van der Waals surface area contributed by atoms with Crippen molar-refractivity contribution in [3.63, 3.8) is 0 Å². The molecule has 1 aromatic carbocycles. The van der Waals surface area contributed by atoms with Crippen LogP contribution in [0.4, 0.5) is 5.69 Å². The zero-order chi connectivity index (χ0) is 13.2. The summed E-state index contributed by atoms with van der Waals surface area (Å²) in [6, 6.07) is 0. The normalized spacial score (nSPS) is 12.1. The highest BCUT2D eigenvalue weighted by atomic mass is 32.1. The number of hydrogen-bond acceptors (Lipinski definition) is 3. The van der Waals surface area contributed by atoms with Crippen LogP contribution in [0.5, 0.6) is 0 Å². The summed E-state index contributed by atoms with van der Waals surface area (Å²) in [5, 5.41) is 0. The summed E-state index contributed by atoms with van der Waals surface area (Å²) < 4.78 is 0.528. The fraction of sp³-hybridized carbons (Fsp3) is 0.714. The molecule has 0 aromatic heterocycles. The van der Waals surface area contributed by atoms with Crippen LogP contribution in [0.25, 0.3) is 0 Å². The maximum absolute atomic E-state index is 11.7. The average Bonchev–Trinajstić information content (AvgIpc) is 2.25. The van der Waals surface area contributed by atoms with Gasteiger partial charge >= 0.3 is 0 Å². The summed E-state index contributed by atoms with van der Waals surface area (Å²) in [5.41, 5.74) is 2.40. The highest BCUT2D eigenvalue weighted by Crippen LogP contribution is 2.26. The van der Waals surface area contributed by atoms with E-state index in [2.05, 4.69) is 32.6 Å². The van der Waals surface area contributed by atoms with E-state index >= 15 is 0 Å². The molecule has 0 N–H and O–H groups in total. The van der Waals surface area contributed by atoms with Crippen molar-refractivity contribution in [2.45, 2.75) is 47.0 Å². The lowest BCUT2D eigenvalue weighted by Crippen LogP contribution is -2.28. The molecule has 0 amide bonds. The van der Waals surface area contributed by atoms with E-state index in [1.165, 1.54) is 0 Å². The predicted octanol–water partition coefficient (Wildman–Crippen LogP) is 3.48. The van der Waals surface area contributed by atoms with Gasteiger partial charge in [0.1, 0.15) is 4.51 Å². The molecule has 0 unspecified atom stereocenters. The fourth-order valence-corrected chi connectivity index (χ4v) is 2.42. The van der Waals surface area contributed by atoms with E-state index in [9.17, 15) is 4.79 Å². The summed E-state index contributed by atoms with van der Waals surface area (Å²) in [4.78, 5) is 13.8. The summed E-state index contributed by atoms with van der Waals surface area (Å²) in [7, 11) is 2.00. The lowest BCUT2D eigenvalue weighted by atomic mass is 9.88. The average molecular weight is 253 g/mol. The highest BCUT2D eigenvalue weighted by Gasteiger charge is 2.20. The second kappa shape index (κ2) is 5.30. The third-order valence-electron chi connectivity index (χ3n) is 3.19. The molecule has 0 atom stereocenters. The minimum atomic E-state index is 0.101. The lowest BCUT2D eigenvalue weighted by molar-refractivity contribution is 0.365. The summed E-state index contributed by atoms with van der Waals surface area (Å²) in [6.07, 6.45) is 3.07. The van der Waals surface area contributed by atoms with Gasteiger partial charge in [-0.1, -0.05) is 33.0 Å². The Balaban J connectivity index is 2.70. The molecule has 0 heterocycles. The molecule has 1 rings (SSSR count). The Hall–Kier alpha value is -0.700. The first-order chi connectivity index (χ1) is 7.78. The van der Waals surface area contributed by atoms with Crippen LogP contribution in [0, 0.1) is 9.93 Å². The van der Waals surface area contributed by atoms with Gasteiger partial charge in [0.15, 0.2) is 0 Å². The van der Waals surface area contributed by atoms with Crippen LogP contribution in [-0.4, -0.2) is 13.6 Å². The first-order valence-corrected chi connectivity index (χ1v) is 6.72. The van der Waals surface area contributed by atoms with E-state index < -0.39 is 0 Å². The van der Waals surface area contributed by atoms with Crippen molar-refractivity contribution in [3.8, 4) is 0 Å². The zero-order valence-electron chi connectivity index (χ0n) is 11.6. The zero-order valence-corrected chi connectivity index (χ0v) is 12.4. The Morgan fingerprint density at radius 2 is 1.88 bits per heavy atom. The molecule has 96 valence electrons. The second-order valence-corrected chi connectivity index (χ2v) is 6.32. The van der Waals surface area contributed by atoms with Crippen LogP contribution in [-0.2, 0) is 6.42 Å². The molecular weight excluding hydrogens is 230 g/mol. The van der Waals surface area contributed by atoms with E-state index in [1.54, 1.807) is 0 Å². The van der Waals surface area contributed by atoms with Crippen molar-refractivity contribution in [3.05, 3.63) is 20.3 Å². The number of nitrogens with zero attached hydrogens (tertiary/aromatic N) is 1. The van der Waals surface area contributed by atoms with Crippen molar-refractivity contribution in [2.75, 3.05) is 18.5 Å². The second-order valence-electron chi connectivity index (χ2n) is 5.91. The summed E-state index contributed by atoms with van der Waals surface area (Å²) in [6.45, 7) is 9.66. The Bertz CT molecular complexity index is 449. The predicted molar refractivity (Wildman–Crippen MR) is 77.3 cm³/mol. The van der Waals surface area contributed by atoms with Crippen LogP contribution < -0.4 is 10.3 Å². The molecule has 0 aliphatic heterocycles. The molecule has 0 spiro atoms. The van der Waals surface area contributed by atoms with Crippen LogP contribution in [0.1, 0.15) is 46.1 Å². The molecule has 0 fully saturated rings. The van der Waals surface area contributed by atoms with Crippen LogP contribution in [0.2, 0.25) is 0 Å². The Morgan fingerprint density at radius 1 is 1.29 bits per heavy atom. The smallest absolute Gasteiger partial charge is 0.204 e. The summed E-state index contributed by atoms with van der Waals surface area (Å²) in [5.74, 6) is 0. The van der Waals surface area contributed by atoms with Gasteiger partial charge in [0.05, 0.1) is 5.69 Å². The molecular formula is C14H23NOS. The minimum Gasteiger partial charge on any atom is -0.373 e. The Kier molecular flexibility index (Phi) is 4.48. The van der Waals surface area contributed by atoms with Crippen LogP contribution in [0.15, 0.2) is 4.79 Å². The van der Waals surface area contributed by atoms with Crippen molar-refractivity contribution < 1.29 is 0 Å². The molecule has 17 heavy (non-hydrogen) atoms. The van der Waals surface area contributed by atoms with Gasteiger partial charge in [0.2, 0.25) is 5.43 Å². The fourth-order valence-electron chi connectivity index (χ4n) is 2.02. The minimum absolute atomic E-state index is 0.101. The number of anilines is 1. The van der Waals surface area contributed by atoms with E-state index in [4.69, 9.17) is 12.2 Å². The third-order valence-corrected chi connectivity index (χ3v) is 3.57. The van der Waals surface area contributed by atoms with Crippen molar-refractivity contribution >= 4 is 17.9 Å². The Morgan fingerprint density at radius 3 is 2.35 bits per heavy atom. The molecule has 0 aliphatic rings. The van der Waals surface area contributed by atoms with Crippen molar-refractivity contribution in [1.29, 1.82) is 0 Å². The third kappa shape index (κ3) is 3.38. The summed E-state index contributed by atoms with van der Waals surface area (Å²) >= 11 is 5.12. The van der Waals surface area contributed by atoms with Crippen LogP contribution >= 0.6 is 12.2 Å². The quantitative estimate of drug-likeness (QED) is 0.749. The van der Waals surface area contributed by atoms with Crippen LogP contribution in [0.3, 0.4) is 0 Å². The topological polar surface area (TPSA) is 20.3 Å². The standard InChI is InChI=1S/C14H23NOS/c1-6-15(5)11-10(12(16)13(11)17)8-7-9-14(2,3)4/h6-9H2,1-5H3. The van der Waals surface area contributed by atoms with Crippen molar-refractivity contribution in [2.24, 2.45) is 5.41 Å². The van der Waals surface area contributed by atoms with E-state index in [-0.39, 0.29) is 5.43 Å². The first-order valence-electron chi connectivity index (χ1n) is 6.31. The van der Waals surface area contributed by atoms with Gasteiger partial charge in [-0.25, -0.2) is 0 Å². The van der Waals surface area contributed by atoms with Gasteiger partial charge in [-0.05, 0) is 31.6 Å². The number of rotatable bonds is 5. The maximum atomic E-state index is 11.7. The maximum Gasteiger partial charge on any atom is 0.204 e. The molecule has 0 bridgehead atoms. The lowest BCUT2D eigenvalue weighted by Gasteiger charge is -2.24. The van der Waals surface area contributed by atoms with Gasteiger partial charge in [-0.2, -0.15) is 0 Å². The van der Waals surface area contributed by atoms with Gasteiger partial charge in [0, 0.05) is 19.2 Å². The monoisotopic (exact) mass is 253 g/mol. The molecule has 0 saturated heterocycles. The van der Waals surface area contributed by atoms with Gasteiger partial charge in [-0.15, -0.1) is 0 Å². The van der Waals surface area contributed by atoms with E-state index in [1.807, 2.05) is 7.05 Å². The van der Waals surface area contributed by atoms with Crippen molar-refractivity contribution in [1.82, 2.24) is 0 Å². The molecule has 0 radical (unpaired) electrons. The Labute approximate surface area is 109 Å². The van der Waals surface area contributed by atoms with E-state index in [0.717, 1.165) is 37.1 Å². The molecule has 0 saturated carbocycles. The molecule has 1 aromatic rings. The van der Waals surface area contributed by atoms with Gasteiger partial charge in [-0.3, -0.25) is 4.79 Å².